The molecule has 2 fully saturated rings. The van der Waals surface area contributed by atoms with Gasteiger partial charge in [0.2, 0.25) is 0 Å². The van der Waals surface area contributed by atoms with Gasteiger partial charge in [-0.1, -0.05) is 6.07 Å². The Morgan fingerprint density at radius 3 is 2.47 bits per heavy atom. The van der Waals surface area contributed by atoms with Crippen LogP contribution in [0.3, 0.4) is 0 Å². The number of carbonyl (C=O) groups is 1. The smallest absolute Gasteiger partial charge is 0.355 e. The Hall–Kier alpha value is -3.56. The minimum atomic E-state index is -4.45. The quantitative estimate of drug-likeness (QED) is 0.527. The topological polar surface area (TPSA) is 62.2 Å². The summed E-state index contributed by atoms with van der Waals surface area (Å²) in [5, 5.41) is 0. The number of hydrogen-bond acceptors (Lipinski definition) is 5. The molecule has 2 aliphatic rings. The number of carbonyl (C=O) groups excluding carboxylic acids is 1. The number of hydrogen-bond donors (Lipinski definition) is 0. The highest BCUT2D eigenvalue weighted by Crippen LogP contribution is 2.42. The third kappa shape index (κ3) is 3.86. The van der Waals surface area contributed by atoms with E-state index in [0.717, 1.165) is 25.1 Å². The Labute approximate surface area is 193 Å². The highest BCUT2D eigenvalue weighted by molar-refractivity contribution is 6.00. The van der Waals surface area contributed by atoms with Crippen molar-refractivity contribution in [3.63, 3.8) is 0 Å². The van der Waals surface area contributed by atoms with E-state index in [1.54, 1.807) is 24.1 Å². The van der Waals surface area contributed by atoms with Crippen LogP contribution in [-0.2, 0) is 6.18 Å². The zero-order valence-electron chi connectivity index (χ0n) is 18.2. The van der Waals surface area contributed by atoms with E-state index in [0.29, 0.717) is 12.4 Å². The molecule has 6 nitrogen and oxygen atoms in total. The van der Waals surface area contributed by atoms with Crippen molar-refractivity contribution in [1.29, 1.82) is 0 Å². The summed E-state index contributed by atoms with van der Waals surface area (Å²) < 4.78 is 53.5. The fourth-order valence-electron chi connectivity index (χ4n) is 5.09. The number of aromatic nitrogens is 3. The molecule has 0 radical (unpaired) electrons. The van der Waals surface area contributed by atoms with Crippen LogP contribution in [0.4, 0.5) is 23.4 Å². The maximum Gasteiger partial charge on any atom is 0.417 e. The van der Waals surface area contributed by atoms with E-state index >= 15 is 0 Å². The summed E-state index contributed by atoms with van der Waals surface area (Å²) in [4.78, 5) is 29.4. The van der Waals surface area contributed by atoms with Crippen LogP contribution >= 0.6 is 0 Å². The summed E-state index contributed by atoms with van der Waals surface area (Å²) in [5.74, 6) is -0.101. The Balaban J connectivity index is 1.41. The van der Waals surface area contributed by atoms with Crippen molar-refractivity contribution in [1.82, 2.24) is 19.9 Å². The standard InChI is InChI=1S/C24H21F4N5O/c1-32(20-7-6-15(12-31-20)24(26,27)28)18-10-14-11-19(18)33(13-14)23(34)16-4-2-5-17(25)21(16)22-29-8-3-9-30-22/h2-9,12,14,18-19H,10-11,13H2,1H3/t14-,18+,19-/m0/s1. The van der Waals surface area contributed by atoms with Crippen LogP contribution in [0.1, 0.15) is 28.8 Å². The van der Waals surface area contributed by atoms with Gasteiger partial charge in [0.25, 0.3) is 5.91 Å². The van der Waals surface area contributed by atoms with Crippen LogP contribution in [0, 0.1) is 11.7 Å². The van der Waals surface area contributed by atoms with Gasteiger partial charge in [-0.25, -0.2) is 19.3 Å². The number of nitrogens with zero attached hydrogens (tertiary/aromatic N) is 5. The molecule has 5 rings (SSSR count). The van der Waals surface area contributed by atoms with Gasteiger partial charge in [0.1, 0.15) is 11.6 Å². The van der Waals surface area contributed by atoms with Gasteiger partial charge in [0.15, 0.2) is 5.82 Å². The summed E-state index contributed by atoms with van der Waals surface area (Å²) >= 11 is 0. The van der Waals surface area contributed by atoms with Gasteiger partial charge in [-0.2, -0.15) is 13.2 Å². The number of likely N-dealkylation sites (tertiary alicyclic amines) is 1. The van der Waals surface area contributed by atoms with Crippen LogP contribution in [0.5, 0.6) is 0 Å². The van der Waals surface area contributed by atoms with Crippen LogP contribution in [0.2, 0.25) is 0 Å². The molecule has 3 heterocycles. The first-order valence-corrected chi connectivity index (χ1v) is 10.9. The molecule has 2 bridgehead atoms. The van der Waals surface area contributed by atoms with Gasteiger partial charge in [-0.05, 0) is 49.1 Å². The van der Waals surface area contributed by atoms with Crippen LogP contribution in [0.25, 0.3) is 11.4 Å². The third-order valence-electron chi connectivity index (χ3n) is 6.68. The van der Waals surface area contributed by atoms with E-state index < -0.39 is 17.6 Å². The second-order valence-electron chi connectivity index (χ2n) is 8.68. The van der Waals surface area contributed by atoms with E-state index in [4.69, 9.17) is 0 Å². The minimum absolute atomic E-state index is 0.0604. The fraction of sp³-hybridized carbons (Fsp3) is 0.333. The van der Waals surface area contributed by atoms with Crippen molar-refractivity contribution in [2.75, 3.05) is 18.5 Å². The number of rotatable bonds is 4. The third-order valence-corrected chi connectivity index (χ3v) is 6.68. The molecule has 10 heteroatoms. The predicted molar refractivity (Wildman–Crippen MR) is 116 cm³/mol. The van der Waals surface area contributed by atoms with Crippen LogP contribution in [0.15, 0.2) is 55.0 Å². The summed E-state index contributed by atoms with van der Waals surface area (Å²) in [6.07, 6.45) is 0.914. The molecule has 176 valence electrons. The number of halogens is 4. The molecule has 3 aromatic rings. The van der Waals surface area contributed by atoms with Crippen molar-refractivity contribution in [3.05, 3.63) is 71.9 Å². The van der Waals surface area contributed by atoms with Gasteiger partial charge in [-0.15, -0.1) is 0 Å². The number of amides is 1. The first kappa shape index (κ1) is 22.2. The molecule has 1 aliphatic heterocycles. The molecule has 1 aromatic carbocycles. The van der Waals surface area contributed by atoms with Crippen LogP contribution < -0.4 is 4.90 Å². The Morgan fingerprint density at radius 1 is 1.06 bits per heavy atom. The van der Waals surface area contributed by atoms with Gasteiger partial charge < -0.3 is 9.80 Å². The average molecular weight is 471 g/mol. The SMILES string of the molecule is CN(c1ccc(C(F)(F)F)cn1)[C@@H]1C[C@H]2C[C@@H]1N(C(=O)c1cccc(F)c1-c1ncccn1)C2. The molecule has 1 saturated carbocycles. The average Bonchev–Trinajstić information content (AvgIpc) is 3.44. The van der Waals surface area contributed by atoms with E-state index in [1.807, 2.05) is 4.90 Å². The van der Waals surface area contributed by atoms with E-state index in [1.165, 1.54) is 30.6 Å². The summed E-state index contributed by atoms with van der Waals surface area (Å²) in [6, 6.07) is 8.01. The van der Waals surface area contributed by atoms with Gasteiger partial charge in [-0.3, -0.25) is 4.79 Å². The Kier molecular flexibility index (Phi) is 5.45. The minimum Gasteiger partial charge on any atom is -0.355 e. The lowest BCUT2D eigenvalue weighted by Gasteiger charge is -2.39. The van der Waals surface area contributed by atoms with Gasteiger partial charge >= 0.3 is 6.18 Å². The lowest BCUT2D eigenvalue weighted by atomic mass is 10.0. The maximum absolute atomic E-state index is 14.8. The highest BCUT2D eigenvalue weighted by atomic mass is 19.4. The van der Waals surface area contributed by atoms with E-state index in [-0.39, 0.29) is 40.9 Å². The summed E-state index contributed by atoms with van der Waals surface area (Å²) in [5.41, 5.74) is -0.561. The molecule has 34 heavy (non-hydrogen) atoms. The molecule has 1 amide bonds. The first-order valence-electron chi connectivity index (χ1n) is 10.9. The molecule has 0 N–H and O–H groups in total. The molecular weight excluding hydrogens is 450 g/mol. The largest absolute Gasteiger partial charge is 0.417 e. The summed E-state index contributed by atoms with van der Waals surface area (Å²) in [7, 11) is 1.77. The van der Waals surface area contributed by atoms with Crippen molar-refractivity contribution in [2.45, 2.75) is 31.1 Å². The number of anilines is 1. The zero-order chi connectivity index (χ0) is 24.0. The Bertz CT molecular complexity index is 1200. The monoisotopic (exact) mass is 471 g/mol. The van der Waals surface area contributed by atoms with Crippen molar-refractivity contribution >= 4 is 11.7 Å². The number of alkyl halides is 3. The number of piperidine rings is 1. The molecule has 1 aliphatic carbocycles. The number of benzene rings is 1. The van der Waals surface area contributed by atoms with Crippen LogP contribution in [-0.4, -0.2) is 51.4 Å². The second kappa shape index (κ2) is 8.34. The second-order valence-corrected chi connectivity index (χ2v) is 8.68. The number of likely N-dealkylation sites (N-methyl/N-ethyl adjacent to an activating group) is 1. The molecule has 1 saturated heterocycles. The van der Waals surface area contributed by atoms with Crippen molar-refractivity contribution < 1.29 is 22.4 Å². The first-order chi connectivity index (χ1) is 16.2. The van der Waals surface area contributed by atoms with Gasteiger partial charge in [0.05, 0.1) is 28.8 Å². The van der Waals surface area contributed by atoms with Crippen molar-refractivity contribution in [2.24, 2.45) is 5.92 Å². The van der Waals surface area contributed by atoms with Crippen molar-refractivity contribution in [3.8, 4) is 11.4 Å². The maximum atomic E-state index is 14.8. The molecule has 3 atom stereocenters. The fourth-order valence-corrected chi connectivity index (χ4v) is 5.09. The van der Waals surface area contributed by atoms with E-state index in [9.17, 15) is 22.4 Å². The highest BCUT2D eigenvalue weighted by Gasteiger charge is 2.49. The molecule has 0 unspecified atom stereocenters. The molecule has 2 aromatic heterocycles. The lowest BCUT2D eigenvalue weighted by Crippen LogP contribution is -2.51. The zero-order valence-corrected chi connectivity index (χ0v) is 18.2. The number of fused-ring (bicyclic) bond motifs is 2. The summed E-state index contributed by atoms with van der Waals surface area (Å²) in [6.45, 7) is 0.542. The van der Waals surface area contributed by atoms with Gasteiger partial charge in [0, 0.05) is 32.2 Å². The lowest BCUT2D eigenvalue weighted by molar-refractivity contribution is -0.137. The molecule has 0 spiro atoms. The normalized spacial score (nSPS) is 21.7. The molecular formula is C24H21F4N5O. The number of pyridine rings is 1. The van der Waals surface area contributed by atoms with E-state index in [2.05, 4.69) is 15.0 Å². The Morgan fingerprint density at radius 2 is 1.82 bits per heavy atom. The predicted octanol–water partition coefficient (Wildman–Crippen LogP) is 4.44.